The molecule has 0 aliphatic heterocycles. The van der Waals surface area contributed by atoms with Crippen LogP contribution < -0.4 is 5.32 Å². The number of alkyl halides is 1. The Morgan fingerprint density at radius 3 is 2.79 bits per heavy atom. The van der Waals surface area contributed by atoms with E-state index in [9.17, 15) is 4.79 Å². The standard InChI is InChI=1S/C11H12BrNO/c12-7-11(14)13-10-6-9(10)8-4-2-1-3-5-8/h1-5,9-10H,6-7H2,(H,13,14)/t9-,10+/m0/s1. The van der Waals surface area contributed by atoms with Gasteiger partial charge >= 0.3 is 0 Å². The zero-order valence-electron chi connectivity index (χ0n) is 7.74. The molecule has 0 radical (unpaired) electrons. The van der Waals surface area contributed by atoms with E-state index in [1.807, 2.05) is 18.2 Å². The second-order valence-electron chi connectivity index (χ2n) is 3.56. The van der Waals surface area contributed by atoms with Crippen molar-refractivity contribution < 1.29 is 4.79 Å². The number of amides is 1. The number of carbonyl (C=O) groups is 1. The smallest absolute Gasteiger partial charge is 0.230 e. The van der Waals surface area contributed by atoms with Crippen LogP contribution >= 0.6 is 15.9 Å². The Hall–Kier alpha value is -0.830. The lowest BCUT2D eigenvalue weighted by Gasteiger charge is -2.01. The third kappa shape index (κ3) is 2.15. The number of hydrogen-bond donors (Lipinski definition) is 1. The predicted molar refractivity (Wildman–Crippen MR) is 59.5 cm³/mol. The lowest BCUT2D eigenvalue weighted by atomic mass is 10.1. The maximum atomic E-state index is 11.1. The Bertz CT molecular complexity index is 325. The highest BCUT2D eigenvalue weighted by Crippen LogP contribution is 2.40. The molecular formula is C11H12BrNO. The van der Waals surface area contributed by atoms with Gasteiger partial charge in [-0.25, -0.2) is 0 Å². The van der Waals surface area contributed by atoms with Crippen LogP contribution in [-0.2, 0) is 4.79 Å². The Labute approximate surface area is 91.8 Å². The van der Waals surface area contributed by atoms with Crippen LogP contribution in [0, 0.1) is 0 Å². The summed E-state index contributed by atoms with van der Waals surface area (Å²) in [5.41, 5.74) is 1.33. The molecule has 0 spiro atoms. The molecule has 0 heterocycles. The largest absolute Gasteiger partial charge is 0.352 e. The molecule has 3 heteroatoms. The molecule has 0 unspecified atom stereocenters. The molecule has 0 saturated heterocycles. The van der Waals surface area contributed by atoms with Crippen molar-refractivity contribution in [2.75, 3.05) is 5.33 Å². The molecule has 0 bridgehead atoms. The summed E-state index contributed by atoms with van der Waals surface area (Å²) in [5, 5.41) is 3.36. The van der Waals surface area contributed by atoms with Gasteiger partial charge in [-0.1, -0.05) is 46.3 Å². The van der Waals surface area contributed by atoms with Crippen LogP contribution in [0.4, 0.5) is 0 Å². The fourth-order valence-electron chi connectivity index (χ4n) is 1.67. The van der Waals surface area contributed by atoms with E-state index in [0.717, 1.165) is 6.42 Å². The number of carbonyl (C=O) groups excluding carboxylic acids is 1. The maximum Gasteiger partial charge on any atom is 0.230 e. The first kappa shape index (κ1) is 9.71. The molecule has 0 aromatic heterocycles. The van der Waals surface area contributed by atoms with Crippen molar-refractivity contribution in [1.29, 1.82) is 0 Å². The number of hydrogen-bond acceptors (Lipinski definition) is 1. The number of halogens is 1. The van der Waals surface area contributed by atoms with E-state index in [4.69, 9.17) is 0 Å². The number of benzene rings is 1. The molecule has 1 aromatic rings. The summed E-state index contributed by atoms with van der Waals surface area (Å²) >= 11 is 3.14. The van der Waals surface area contributed by atoms with Gasteiger partial charge in [0.25, 0.3) is 0 Å². The Morgan fingerprint density at radius 2 is 2.14 bits per heavy atom. The lowest BCUT2D eigenvalue weighted by Crippen LogP contribution is -2.27. The molecule has 1 saturated carbocycles. The third-order valence-corrected chi connectivity index (χ3v) is 3.00. The molecule has 74 valence electrons. The molecule has 1 amide bonds. The molecule has 1 aliphatic rings. The molecule has 1 aromatic carbocycles. The van der Waals surface area contributed by atoms with E-state index in [2.05, 4.69) is 33.4 Å². The summed E-state index contributed by atoms with van der Waals surface area (Å²) in [6.07, 6.45) is 1.07. The van der Waals surface area contributed by atoms with Crippen molar-refractivity contribution >= 4 is 21.8 Å². The molecule has 1 N–H and O–H groups in total. The van der Waals surface area contributed by atoms with Gasteiger partial charge in [0.2, 0.25) is 5.91 Å². The molecule has 1 aliphatic carbocycles. The maximum absolute atomic E-state index is 11.1. The van der Waals surface area contributed by atoms with Gasteiger partial charge in [-0.3, -0.25) is 4.79 Å². The highest BCUT2D eigenvalue weighted by atomic mass is 79.9. The normalized spacial score (nSPS) is 24.4. The van der Waals surface area contributed by atoms with Gasteiger partial charge in [0, 0.05) is 12.0 Å². The lowest BCUT2D eigenvalue weighted by molar-refractivity contribution is -0.118. The van der Waals surface area contributed by atoms with Gasteiger partial charge in [0.1, 0.15) is 0 Å². The minimum absolute atomic E-state index is 0.0773. The van der Waals surface area contributed by atoms with Gasteiger partial charge < -0.3 is 5.32 Å². The molecule has 2 rings (SSSR count). The number of nitrogens with one attached hydrogen (secondary N) is 1. The number of rotatable bonds is 3. The van der Waals surface area contributed by atoms with Crippen molar-refractivity contribution in [2.24, 2.45) is 0 Å². The van der Waals surface area contributed by atoms with Crippen LogP contribution in [0.2, 0.25) is 0 Å². The topological polar surface area (TPSA) is 29.1 Å². The fourth-order valence-corrected chi connectivity index (χ4v) is 1.83. The molecular weight excluding hydrogens is 242 g/mol. The first-order valence-corrected chi connectivity index (χ1v) is 5.83. The van der Waals surface area contributed by atoms with E-state index in [1.54, 1.807) is 0 Å². The molecule has 1 fully saturated rings. The summed E-state index contributed by atoms with van der Waals surface area (Å²) in [6.45, 7) is 0. The summed E-state index contributed by atoms with van der Waals surface area (Å²) in [5.74, 6) is 0.604. The van der Waals surface area contributed by atoms with Crippen LogP contribution in [0.1, 0.15) is 17.9 Å². The van der Waals surface area contributed by atoms with Crippen LogP contribution in [0.15, 0.2) is 30.3 Å². The zero-order valence-corrected chi connectivity index (χ0v) is 9.33. The van der Waals surface area contributed by atoms with Crippen LogP contribution in [0.25, 0.3) is 0 Å². The highest BCUT2D eigenvalue weighted by molar-refractivity contribution is 9.09. The van der Waals surface area contributed by atoms with Crippen LogP contribution in [-0.4, -0.2) is 17.3 Å². The second-order valence-corrected chi connectivity index (χ2v) is 4.12. The first-order valence-electron chi connectivity index (χ1n) is 4.71. The zero-order chi connectivity index (χ0) is 9.97. The quantitative estimate of drug-likeness (QED) is 0.822. The van der Waals surface area contributed by atoms with Gasteiger partial charge in [-0.05, 0) is 12.0 Å². The average Bonchev–Trinajstić information content (AvgIpc) is 2.98. The Balaban J connectivity index is 1.91. The van der Waals surface area contributed by atoms with Gasteiger partial charge in [0.05, 0.1) is 5.33 Å². The van der Waals surface area contributed by atoms with E-state index in [0.29, 0.717) is 17.3 Å². The van der Waals surface area contributed by atoms with Crippen molar-refractivity contribution in [3.63, 3.8) is 0 Å². The van der Waals surface area contributed by atoms with Gasteiger partial charge in [0.15, 0.2) is 0 Å². The molecule has 2 atom stereocenters. The minimum atomic E-state index is 0.0773. The summed E-state index contributed by atoms with van der Waals surface area (Å²) in [4.78, 5) is 11.1. The summed E-state index contributed by atoms with van der Waals surface area (Å²) in [6, 6.07) is 10.7. The SMILES string of the molecule is O=C(CBr)N[C@@H]1C[C@H]1c1ccccc1. The van der Waals surface area contributed by atoms with E-state index in [1.165, 1.54) is 5.56 Å². The average molecular weight is 254 g/mol. The van der Waals surface area contributed by atoms with Crippen molar-refractivity contribution in [3.05, 3.63) is 35.9 Å². The molecule has 2 nitrogen and oxygen atoms in total. The Morgan fingerprint density at radius 1 is 1.43 bits per heavy atom. The van der Waals surface area contributed by atoms with Crippen molar-refractivity contribution in [2.45, 2.75) is 18.4 Å². The molecule has 14 heavy (non-hydrogen) atoms. The van der Waals surface area contributed by atoms with Crippen LogP contribution in [0.5, 0.6) is 0 Å². The second kappa shape index (κ2) is 4.13. The third-order valence-electron chi connectivity index (χ3n) is 2.49. The summed E-state index contributed by atoms with van der Waals surface area (Å²) < 4.78 is 0. The Kier molecular flexibility index (Phi) is 2.87. The van der Waals surface area contributed by atoms with Crippen LogP contribution in [0.3, 0.4) is 0 Å². The summed E-state index contributed by atoms with van der Waals surface area (Å²) in [7, 11) is 0. The van der Waals surface area contributed by atoms with E-state index >= 15 is 0 Å². The first-order chi connectivity index (χ1) is 6.81. The van der Waals surface area contributed by atoms with E-state index < -0.39 is 0 Å². The highest BCUT2D eigenvalue weighted by Gasteiger charge is 2.38. The van der Waals surface area contributed by atoms with Gasteiger partial charge in [-0.15, -0.1) is 0 Å². The van der Waals surface area contributed by atoms with Crippen molar-refractivity contribution in [1.82, 2.24) is 5.32 Å². The predicted octanol–water partition coefficient (Wildman–Crippen LogP) is 2.05. The fraction of sp³-hybridized carbons (Fsp3) is 0.364. The van der Waals surface area contributed by atoms with Gasteiger partial charge in [-0.2, -0.15) is 0 Å². The van der Waals surface area contributed by atoms with Crippen molar-refractivity contribution in [3.8, 4) is 0 Å². The minimum Gasteiger partial charge on any atom is -0.352 e. The van der Waals surface area contributed by atoms with E-state index in [-0.39, 0.29) is 5.91 Å². The monoisotopic (exact) mass is 253 g/mol.